The Morgan fingerprint density at radius 2 is 2.00 bits per heavy atom. The van der Waals surface area contributed by atoms with Crippen molar-refractivity contribution in [3.05, 3.63) is 35.8 Å². The monoisotopic (exact) mass is 371 g/mol. The van der Waals surface area contributed by atoms with E-state index in [9.17, 15) is 9.18 Å². The highest BCUT2D eigenvalue weighted by Gasteiger charge is 2.38. The first-order valence-electron chi connectivity index (χ1n) is 10.2. The van der Waals surface area contributed by atoms with E-state index in [2.05, 4.69) is 29.5 Å². The average Bonchev–Trinajstić information content (AvgIpc) is 3.18. The van der Waals surface area contributed by atoms with Crippen LogP contribution in [0.5, 0.6) is 0 Å². The molecule has 0 bridgehead atoms. The summed E-state index contributed by atoms with van der Waals surface area (Å²) in [6.45, 7) is 6.15. The highest BCUT2D eigenvalue weighted by molar-refractivity contribution is 5.84. The lowest BCUT2D eigenvalue weighted by Gasteiger charge is -2.35. The number of benzene rings is 1. The first-order valence-corrected chi connectivity index (χ1v) is 10.2. The second-order valence-electron chi connectivity index (χ2n) is 8.46. The molecule has 0 N–H and O–H groups in total. The van der Waals surface area contributed by atoms with Gasteiger partial charge in [-0.25, -0.2) is 4.39 Å². The van der Waals surface area contributed by atoms with Crippen LogP contribution in [0.3, 0.4) is 0 Å². The van der Waals surface area contributed by atoms with E-state index < -0.39 is 0 Å². The van der Waals surface area contributed by atoms with E-state index in [1.165, 1.54) is 5.56 Å². The van der Waals surface area contributed by atoms with E-state index in [1.807, 2.05) is 18.0 Å². The number of hydrogen-bond acceptors (Lipinski definition) is 2. The molecule has 2 fully saturated rings. The molecule has 0 saturated carbocycles. The van der Waals surface area contributed by atoms with Crippen LogP contribution in [0.1, 0.15) is 57.6 Å². The standard InChI is InChI=1S/C22H30FN3O/c1-15(2)26-14-16(18-9-8-17(23)12-21(18)26)13-25-11-10-19-20(25)6-4-5-7-22(27)24(19)3/h8-9,12,14-15,19-20H,4-7,10-11,13H2,1-3H3/t19-,20+/m0/s1. The normalized spacial score (nSPS) is 24.5. The van der Waals surface area contributed by atoms with Gasteiger partial charge in [0.1, 0.15) is 5.82 Å². The fourth-order valence-corrected chi connectivity index (χ4v) is 4.98. The van der Waals surface area contributed by atoms with E-state index in [-0.39, 0.29) is 5.82 Å². The Balaban J connectivity index is 1.63. The predicted molar refractivity (Wildman–Crippen MR) is 106 cm³/mol. The van der Waals surface area contributed by atoms with Crippen LogP contribution in [0.4, 0.5) is 4.39 Å². The molecular formula is C22H30FN3O. The molecule has 1 aromatic heterocycles. The molecule has 146 valence electrons. The van der Waals surface area contributed by atoms with Crippen molar-refractivity contribution in [3.8, 4) is 0 Å². The molecule has 0 radical (unpaired) electrons. The smallest absolute Gasteiger partial charge is 0.222 e. The summed E-state index contributed by atoms with van der Waals surface area (Å²) in [7, 11) is 1.97. The van der Waals surface area contributed by atoms with Gasteiger partial charge in [-0.05, 0) is 56.9 Å². The van der Waals surface area contributed by atoms with Crippen molar-refractivity contribution in [2.45, 2.75) is 70.6 Å². The average molecular weight is 372 g/mol. The number of likely N-dealkylation sites (N-methyl/N-ethyl adjacent to an activating group) is 1. The van der Waals surface area contributed by atoms with Gasteiger partial charge in [0.25, 0.3) is 0 Å². The summed E-state index contributed by atoms with van der Waals surface area (Å²) in [5, 5.41) is 1.14. The van der Waals surface area contributed by atoms with Crippen molar-refractivity contribution in [1.82, 2.24) is 14.4 Å². The van der Waals surface area contributed by atoms with Gasteiger partial charge in [-0.3, -0.25) is 9.69 Å². The van der Waals surface area contributed by atoms with Gasteiger partial charge in [0.15, 0.2) is 0 Å². The zero-order valence-electron chi connectivity index (χ0n) is 16.6. The molecule has 0 spiro atoms. The minimum atomic E-state index is -0.185. The number of carbonyl (C=O) groups excluding carboxylic acids is 1. The molecule has 0 aliphatic carbocycles. The Labute approximate surface area is 160 Å². The number of aromatic nitrogens is 1. The van der Waals surface area contributed by atoms with Crippen molar-refractivity contribution in [3.63, 3.8) is 0 Å². The summed E-state index contributed by atoms with van der Waals surface area (Å²) in [6, 6.07) is 6.17. The summed E-state index contributed by atoms with van der Waals surface area (Å²) >= 11 is 0. The van der Waals surface area contributed by atoms with Gasteiger partial charge in [0.05, 0.1) is 5.52 Å². The number of carbonyl (C=O) groups is 1. The molecule has 2 aliphatic rings. The minimum Gasteiger partial charge on any atom is -0.345 e. The maximum atomic E-state index is 13.8. The molecule has 2 aromatic rings. The third kappa shape index (κ3) is 3.38. The molecule has 2 aliphatic heterocycles. The van der Waals surface area contributed by atoms with Crippen molar-refractivity contribution in [1.29, 1.82) is 0 Å². The SMILES string of the molecule is CC(C)n1cc(CN2CC[C@H]3[C@H]2CCCCC(=O)N3C)c2ccc(F)cc21. The zero-order chi connectivity index (χ0) is 19.1. The fourth-order valence-electron chi connectivity index (χ4n) is 4.98. The Kier molecular flexibility index (Phi) is 4.97. The quantitative estimate of drug-likeness (QED) is 0.803. The lowest BCUT2D eigenvalue weighted by Crippen LogP contribution is -2.46. The summed E-state index contributed by atoms with van der Waals surface area (Å²) in [5.41, 5.74) is 2.23. The highest BCUT2D eigenvalue weighted by atomic mass is 19.1. The summed E-state index contributed by atoms with van der Waals surface area (Å²) in [5.74, 6) is 0.105. The van der Waals surface area contributed by atoms with Crippen LogP contribution >= 0.6 is 0 Å². The summed E-state index contributed by atoms with van der Waals surface area (Å²) in [4.78, 5) is 16.9. The highest BCUT2D eigenvalue weighted by Crippen LogP contribution is 2.33. The van der Waals surface area contributed by atoms with Gasteiger partial charge in [-0.1, -0.05) is 6.42 Å². The van der Waals surface area contributed by atoms with Gasteiger partial charge in [-0.2, -0.15) is 0 Å². The topological polar surface area (TPSA) is 28.5 Å². The third-order valence-corrected chi connectivity index (χ3v) is 6.47. The minimum absolute atomic E-state index is 0.185. The van der Waals surface area contributed by atoms with Crippen LogP contribution < -0.4 is 0 Å². The van der Waals surface area contributed by atoms with Crippen LogP contribution in [0.25, 0.3) is 10.9 Å². The largest absolute Gasteiger partial charge is 0.345 e. The van der Waals surface area contributed by atoms with Gasteiger partial charge < -0.3 is 9.47 Å². The third-order valence-electron chi connectivity index (χ3n) is 6.47. The van der Waals surface area contributed by atoms with Crippen LogP contribution in [-0.2, 0) is 11.3 Å². The molecule has 0 unspecified atom stereocenters. The Bertz CT molecular complexity index is 843. The second-order valence-corrected chi connectivity index (χ2v) is 8.46. The van der Waals surface area contributed by atoms with E-state index in [0.717, 1.165) is 49.7 Å². The molecule has 1 amide bonds. The van der Waals surface area contributed by atoms with Gasteiger partial charge in [-0.15, -0.1) is 0 Å². The maximum absolute atomic E-state index is 13.8. The molecule has 27 heavy (non-hydrogen) atoms. The van der Waals surface area contributed by atoms with E-state index in [1.54, 1.807) is 12.1 Å². The Morgan fingerprint density at radius 3 is 2.78 bits per heavy atom. The number of halogens is 1. The van der Waals surface area contributed by atoms with Crippen LogP contribution in [0, 0.1) is 5.82 Å². The summed E-state index contributed by atoms with van der Waals surface area (Å²) in [6.07, 6.45) is 7.19. The number of rotatable bonds is 3. The molecule has 2 atom stereocenters. The predicted octanol–water partition coefficient (Wildman–Crippen LogP) is 4.34. The molecule has 3 heterocycles. The van der Waals surface area contributed by atoms with Crippen molar-refractivity contribution in [2.75, 3.05) is 13.6 Å². The van der Waals surface area contributed by atoms with Crippen LogP contribution in [0.2, 0.25) is 0 Å². The van der Waals surface area contributed by atoms with Crippen molar-refractivity contribution in [2.24, 2.45) is 0 Å². The first-order chi connectivity index (χ1) is 13.0. The molecule has 5 heteroatoms. The Morgan fingerprint density at radius 1 is 1.19 bits per heavy atom. The number of likely N-dealkylation sites (tertiary alicyclic amines) is 2. The first kappa shape index (κ1) is 18.5. The van der Waals surface area contributed by atoms with E-state index >= 15 is 0 Å². The lowest BCUT2D eigenvalue weighted by molar-refractivity contribution is -0.133. The maximum Gasteiger partial charge on any atom is 0.222 e. The molecule has 4 rings (SSSR count). The number of amides is 1. The molecule has 4 nitrogen and oxygen atoms in total. The van der Waals surface area contributed by atoms with E-state index in [4.69, 9.17) is 0 Å². The van der Waals surface area contributed by atoms with Gasteiger partial charge in [0.2, 0.25) is 5.91 Å². The number of hydrogen-bond donors (Lipinski definition) is 0. The Hall–Kier alpha value is -1.88. The molecule has 2 saturated heterocycles. The second kappa shape index (κ2) is 7.27. The van der Waals surface area contributed by atoms with Crippen LogP contribution in [0.15, 0.2) is 24.4 Å². The number of nitrogens with zero attached hydrogens (tertiary/aromatic N) is 3. The van der Waals surface area contributed by atoms with Gasteiger partial charge >= 0.3 is 0 Å². The van der Waals surface area contributed by atoms with Crippen molar-refractivity contribution >= 4 is 16.8 Å². The number of fused-ring (bicyclic) bond motifs is 2. The molecular weight excluding hydrogens is 341 g/mol. The van der Waals surface area contributed by atoms with E-state index in [0.29, 0.717) is 30.5 Å². The molecule has 1 aromatic carbocycles. The van der Waals surface area contributed by atoms with Crippen molar-refractivity contribution < 1.29 is 9.18 Å². The van der Waals surface area contributed by atoms with Crippen LogP contribution in [-0.4, -0.2) is 46.0 Å². The summed E-state index contributed by atoms with van der Waals surface area (Å²) < 4.78 is 16.0. The lowest BCUT2D eigenvalue weighted by atomic mass is 9.97. The van der Waals surface area contributed by atoms with Gasteiger partial charge in [0, 0.05) is 56.3 Å². The zero-order valence-corrected chi connectivity index (χ0v) is 16.6. The fraction of sp³-hybridized carbons (Fsp3) is 0.591.